The summed E-state index contributed by atoms with van der Waals surface area (Å²) in [6.07, 6.45) is 3.71. The molecule has 1 unspecified atom stereocenters. The minimum atomic E-state index is -0.281. The molecular formula is C19H26N4O3. The van der Waals surface area contributed by atoms with Crippen molar-refractivity contribution in [1.82, 2.24) is 20.2 Å². The van der Waals surface area contributed by atoms with E-state index in [1.807, 2.05) is 7.05 Å². The molecule has 0 bridgehead atoms. The monoisotopic (exact) mass is 358 g/mol. The van der Waals surface area contributed by atoms with Crippen molar-refractivity contribution >= 4 is 11.7 Å². The van der Waals surface area contributed by atoms with Gasteiger partial charge in [0.25, 0.3) is 5.91 Å². The molecule has 1 aromatic rings. The van der Waals surface area contributed by atoms with E-state index in [0.717, 1.165) is 30.5 Å². The second-order valence-electron chi connectivity index (χ2n) is 7.43. The van der Waals surface area contributed by atoms with Crippen LogP contribution in [-0.4, -0.2) is 51.8 Å². The zero-order valence-electron chi connectivity index (χ0n) is 15.8. The third kappa shape index (κ3) is 2.85. The maximum Gasteiger partial charge on any atom is 0.276 e. The van der Waals surface area contributed by atoms with Crippen LogP contribution in [0.25, 0.3) is 0 Å². The lowest BCUT2D eigenvalue weighted by Gasteiger charge is -2.40. The van der Waals surface area contributed by atoms with Crippen LogP contribution in [0.2, 0.25) is 0 Å². The fraction of sp³-hybridized carbons (Fsp3) is 0.579. The molecule has 2 heterocycles. The maximum atomic E-state index is 12.8. The normalized spacial score (nSPS) is 22.0. The van der Waals surface area contributed by atoms with Crippen LogP contribution in [0.15, 0.2) is 17.6 Å². The summed E-state index contributed by atoms with van der Waals surface area (Å²) in [6, 6.07) is 0. The van der Waals surface area contributed by atoms with Gasteiger partial charge in [-0.15, -0.1) is 0 Å². The van der Waals surface area contributed by atoms with Crippen LogP contribution in [-0.2, 0) is 4.79 Å². The molecule has 26 heavy (non-hydrogen) atoms. The summed E-state index contributed by atoms with van der Waals surface area (Å²) in [4.78, 5) is 34.7. The summed E-state index contributed by atoms with van der Waals surface area (Å²) in [7, 11) is 1.87. The van der Waals surface area contributed by atoms with E-state index in [4.69, 9.17) is 0 Å². The van der Waals surface area contributed by atoms with Gasteiger partial charge in [-0.1, -0.05) is 6.92 Å². The maximum absolute atomic E-state index is 12.8. The molecule has 2 aliphatic rings. The summed E-state index contributed by atoms with van der Waals surface area (Å²) in [5.74, 6) is -0.0117. The number of nitrogens with one attached hydrogen (secondary N) is 1. The highest BCUT2D eigenvalue weighted by Crippen LogP contribution is 2.52. The highest BCUT2D eigenvalue weighted by atomic mass is 16.3. The Morgan fingerprint density at radius 3 is 2.54 bits per heavy atom. The highest BCUT2D eigenvalue weighted by Gasteiger charge is 2.48. The zero-order chi connectivity index (χ0) is 19.1. The predicted molar refractivity (Wildman–Crippen MR) is 96.6 cm³/mol. The van der Waals surface area contributed by atoms with Crippen molar-refractivity contribution in [2.24, 2.45) is 11.3 Å². The van der Waals surface area contributed by atoms with Gasteiger partial charge in [-0.25, -0.2) is 9.97 Å². The van der Waals surface area contributed by atoms with E-state index in [2.05, 4.69) is 22.2 Å². The molecule has 1 aliphatic heterocycles. The number of rotatable bonds is 3. The van der Waals surface area contributed by atoms with Crippen molar-refractivity contribution < 1.29 is 14.7 Å². The molecule has 2 N–H and O–H groups in total. The third-order valence-electron chi connectivity index (χ3n) is 5.83. The van der Waals surface area contributed by atoms with E-state index in [0.29, 0.717) is 24.7 Å². The Kier molecular flexibility index (Phi) is 4.73. The summed E-state index contributed by atoms with van der Waals surface area (Å²) in [5.41, 5.74) is 2.22. The summed E-state index contributed by atoms with van der Waals surface area (Å²) >= 11 is 0. The molecule has 3 rings (SSSR count). The van der Waals surface area contributed by atoms with Crippen molar-refractivity contribution in [2.75, 3.05) is 20.1 Å². The molecule has 1 atom stereocenters. The predicted octanol–water partition coefficient (Wildman–Crippen LogP) is 1.82. The average Bonchev–Trinajstić information content (AvgIpc) is 2.88. The summed E-state index contributed by atoms with van der Waals surface area (Å²) in [6.45, 7) is 6.50. The number of carbonyl (C=O) groups is 2. The number of aryl methyl sites for hydroxylation is 1. The van der Waals surface area contributed by atoms with E-state index in [-0.39, 0.29) is 28.5 Å². The van der Waals surface area contributed by atoms with E-state index >= 15 is 0 Å². The van der Waals surface area contributed by atoms with E-state index in [1.165, 1.54) is 6.33 Å². The lowest BCUT2D eigenvalue weighted by atomic mass is 9.71. The Hall–Kier alpha value is -2.44. The molecule has 1 amide bonds. The van der Waals surface area contributed by atoms with Crippen molar-refractivity contribution in [3.63, 3.8) is 0 Å². The van der Waals surface area contributed by atoms with Gasteiger partial charge in [-0.3, -0.25) is 9.59 Å². The number of hydrogen-bond acceptors (Lipinski definition) is 6. The second-order valence-corrected chi connectivity index (χ2v) is 7.43. The number of piperidine rings is 1. The molecule has 0 radical (unpaired) electrons. The smallest absolute Gasteiger partial charge is 0.276 e. The van der Waals surface area contributed by atoms with Gasteiger partial charge in [0.05, 0.1) is 5.69 Å². The Morgan fingerprint density at radius 2 is 1.96 bits per heavy atom. The van der Waals surface area contributed by atoms with Crippen LogP contribution in [0.3, 0.4) is 0 Å². The van der Waals surface area contributed by atoms with Crippen LogP contribution in [0.1, 0.15) is 49.3 Å². The minimum absolute atomic E-state index is 0.0477. The number of aromatic hydroxyl groups is 1. The fourth-order valence-corrected chi connectivity index (χ4v) is 4.62. The van der Waals surface area contributed by atoms with Crippen molar-refractivity contribution in [3.8, 4) is 5.75 Å². The Morgan fingerprint density at radius 1 is 1.31 bits per heavy atom. The second kappa shape index (κ2) is 6.70. The largest absolute Gasteiger partial charge is 0.504 e. The lowest BCUT2D eigenvalue weighted by Crippen LogP contribution is -2.44. The molecule has 1 saturated heterocycles. The van der Waals surface area contributed by atoms with Crippen LogP contribution in [0.4, 0.5) is 0 Å². The van der Waals surface area contributed by atoms with Crippen molar-refractivity contribution in [3.05, 3.63) is 29.0 Å². The first-order valence-corrected chi connectivity index (χ1v) is 9.04. The van der Waals surface area contributed by atoms with Gasteiger partial charge in [0.15, 0.2) is 17.2 Å². The van der Waals surface area contributed by atoms with Crippen LogP contribution in [0, 0.1) is 18.3 Å². The number of hydrogen-bond donors (Lipinski definition) is 2. The summed E-state index contributed by atoms with van der Waals surface area (Å²) < 4.78 is 0. The van der Waals surface area contributed by atoms with Crippen LogP contribution in [0.5, 0.6) is 5.75 Å². The summed E-state index contributed by atoms with van der Waals surface area (Å²) in [5, 5.41) is 13.3. The topological polar surface area (TPSA) is 95.4 Å². The average molecular weight is 358 g/mol. The molecule has 7 nitrogen and oxygen atoms in total. The highest BCUT2D eigenvalue weighted by molar-refractivity contribution is 5.97. The number of allylic oxidation sites excluding steroid dienone is 2. The van der Waals surface area contributed by atoms with Crippen LogP contribution < -0.4 is 5.32 Å². The van der Waals surface area contributed by atoms with Gasteiger partial charge in [0.2, 0.25) is 0 Å². The third-order valence-corrected chi connectivity index (χ3v) is 5.83. The molecule has 1 spiro atoms. The number of carbonyl (C=O) groups excluding carboxylic acids is 2. The lowest BCUT2D eigenvalue weighted by molar-refractivity contribution is -0.115. The fourth-order valence-electron chi connectivity index (χ4n) is 4.62. The number of Topliss-reactive ketones (excluding diaryl/α,β-unsaturated/α-hetero) is 1. The van der Waals surface area contributed by atoms with Gasteiger partial charge in [-0.2, -0.15) is 0 Å². The molecule has 1 fully saturated rings. The van der Waals surface area contributed by atoms with Crippen molar-refractivity contribution in [2.45, 2.75) is 40.0 Å². The number of aromatic nitrogens is 2. The number of nitrogens with zero attached hydrogens (tertiary/aromatic N) is 3. The van der Waals surface area contributed by atoms with E-state index in [9.17, 15) is 14.7 Å². The molecule has 7 heteroatoms. The van der Waals surface area contributed by atoms with E-state index < -0.39 is 0 Å². The van der Waals surface area contributed by atoms with Gasteiger partial charge >= 0.3 is 0 Å². The van der Waals surface area contributed by atoms with Gasteiger partial charge in [0.1, 0.15) is 6.33 Å². The Labute approximate surface area is 153 Å². The molecule has 0 saturated carbocycles. The minimum Gasteiger partial charge on any atom is -0.504 e. The SMILES string of the molecule is CNC1=C(C(C)=O)C2(CCN(C(=O)c3ncnc(C)c3O)CC2)CC1C. The number of likely N-dealkylation sites (tertiary alicyclic amines) is 1. The van der Waals surface area contributed by atoms with Crippen molar-refractivity contribution in [1.29, 1.82) is 0 Å². The number of ketones is 1. The quantitative estimate of drug-likeness (QED) is 0.856. The first-order chi connectivity index (χ1) is 12.3. The Balaban J connectivity index is 1.81. The zero-order valence-corrected chi connectivity index (χ0v) is 15.8. The standard InChI is InChI=1S/C19H26N4O3/c1-11-9-19(14(13(3)24)15(11)20-4)5-7-23(8-6-19)18(26)16-17(25)12(2)21-10-22-16/h10-11,20,25H,5-9H2,1-4H3. The molecular weight excluding hydrogens is 332 g/mol. The van der Waals surface area contributed by atoms with E-state index in [1.54, 1.807) is 18.7 Å². The molecule has 1 aliphatic carbocycles. The molecule has 1 aromatic heterocycles. The number of amides is 1. The van der Waals surface area contributed by atoms with Gasteiger partial charge < -0.3 is 15.3 Å². The molecule has 0 aromatic carbocycles. The first kappa shape index (κ1) is 18.4. The molecule has 140 valence electrons. The van der Waals surface area contributed by atoms with Crippen LogP contribution >= 0.6 is 0 Å². The Bertz CT molecular complexity index is 779. The van der Waals surface area contributed by atoms with Gasteiger partial charge in [-0.05, 0) is 39.0 Å². The van der Waals surface area contributed by atoms with Gasteiger partial charge in [0, 0.05) is 36.8 Å². The first-order valence-electron chi connectivity index (χ1n) is 9.04.